The lowest BCUT2D eigenvalue weighted by molar-refractivity contribution is -0.183. The highest BCUT2D eigenvalue weighted by Gasteiger charge is 2.66. The van der Waals surface area contributed by atoms with Gasteiger partial charge in [0.05, 0.1) is 12.2 Å². The standard InChI is InChI=1S/C29H37NO4/c1-4-5-17-33-27-24(34-20-21-9-7-6-8-10-21)12-11-22-18-25-29(32-3)14-13-23(31)19-28(29,26(22)27)15-16-30(25)2/h6-12,25H,4-5,13-20H2,1-3H3/t25-,28-,29-/m1/s1. The fourth-order valence-corrected chi connectivity index (χ4v) is 6.80. The van der Waals surface area contributed by atoms with Crippen LogP contribution < -0.4 is 9.47 Å². The molecule has 3 atom stereocenters. The van der Waals surface area contributed by atoms with Gasteiger partial charge in [-0.05, 0) is 56.5 Å². The molecule has 5 heteroatoms. The molecular weight excluding hydrogens is 426 g/mol. The van der Waals surface area contributed by atoms with Crippen LogP contribution in [0, 0.1) is 0 Å². The number of piperidine rings is 1. The highest BCUT2D eigenvalue weighted by molar-refractivity contribution is 5.83. The van der Waals surface area contributed by atoms with Crippen LogP contribution in [0.15, 0.2) is 42.5 Å². The van der Waals surface area contributed by atoms with E-state index in [0.717, 1.165) is 55.7 Å². The minimum atomic E-state index is -0.387. The lowest BCUT2D eigenvalue weighted by Gasteiger charge is -2.64. The number of likely N-dealkylation sites (tertiary alicyclic amines) is 1. The molecule has 0 unspecified atom stereocenters. The average Bonchev–Trinajstić information content (AvgIpc) is 2.86. The van der Waals surface area contributed by atoms with Crippen LogP contribution in [0.25, 0.3) is 0 Å². The van der Waals surface area contributed by atoms with Crippen molar-refractivity contribution in [2.45, 2.75) is 75.5 Å². The molecule has 182 valence electrons. The molecule has 2 bridgehead atoms. The van der Waals surface area contributed by atoms with E-state index >= 15 is 0 Å². The first-order valence-electron chi connectivity index (χ1n) is 12.8. The van der Waals surface area contributed by atoms with Gasteiger partial charge in [0.1, 0.15) is 12.4 Å². The zero-order chi connectivity index (χ0) is 23.8. The molecule has 1 heterocycles. The van der Waals surface area contributed by atoms with Crippen molar-refractivity contribution < 1.29 is 19.0 Å². The highest BCUT2D eigenvalue weighted by atomic mass is 16.5. The van der Waals surface area contributed by atoms with E-state index in [1.807, 2.05) is 25.3 Å². The number of ketones is 1. The topological polar surface area (TPSA) is 48.0 Å². The maximum absolute atomic E-state index is 13.0. The van der Waals surface area contributed by atoms with E-state index < -0.39 is 0 Å². The Labute approximate surface area is 203 Å². The molecule has 0 amide bonds. The van der Waals surface area contributed by atoms with Gasteiger partial charge in [-0.3, -0.25) is 4.79 Å². The number of benzene rings is 2. The molecule has 5 rings (SSSR count). The first-order chi connectivity index (χ1) is 16.5. The normalized spacial score (nSPS) is 28.2. The van der Waals surface area contributed by atoms with Crippen LogP contribution in [0.3, 0.4) is 0 Å². The predicted octanol–water partition coefficient (Wildman–Crippen LogP) is 5.08. The number of likely N-dealkylation sites (N-methyl/N-ethyl adjacent to an activating group) is 1. The van der Waals surface area contributed by atoms with Crippen molar-refractivity contribution in [1.82, 2.24) is 4.90 Å². The van der Waals surface area contributed by atoms with Gasteiger partial charge in [-0.1, -0.05) is 49.7 Å². The maximum Gasteiger partial charge on any atom is 0.165 e. The summed E-state index contributed by atoms with van der Waals surface area (Å²) in [6.07, 6.45) is 5.70. The lowest BCUT2D eigenvalue weighted by Crippen LogP contribution is -2.73. The van der Waals surface area contributed by atoms with E-state index in [9.17, 15) is 4.79 Å². The summed E-state index contributed by atoms with van der Waals surface area (Å²) < 4.78 is 19.4. The Balaban J connectivity index is 1.64. The number of ether oxygens (including phenoxy) is 3. The highest BCUT2D eigenvalue weighted by Crippen LogP contribution is 2.61. The summed E-state index contributed by atoms with van der Waals surface area (Å²) >= 11 is 0. The summed E-state index contributed by atoms with van der Waals surface area (Å²) in [5, 5.41) is 0. The zero-order valence-electron chi connectivity index (χ0n) is 20.8. The van der Waals surface area contributed by atoms with Gasteiger partial charge in [-0.2, -0.15) is 0 Å². The van der Waals surface area contributed by atoms with Crippen molar-refractivity contribution in [3.8, 4) is 11.5 Å². The average molecular weight is 464 g/mol. The maximum atomic E-state index is 13.0. The predicted molar refractivity (Wildman–Crippen MR) is 133 cm³/mol. The molecule has 2 aliphatic carbocycles. The van der Waals surface area contributed by atoms with Gasteiger partial charge in [0.25, 0.3) is 0 Å². The number of unbranched alkanes of at least 4 members (excludes halogenated alkanes) is 1. The molecule has 0 N–H and O–H groups in total. The van der Waals surface area contributed by atoms with Crippen LogP contribution in [0.5, 0.6) is 11.5 Å². The number of hydrogen-bond donors (Lipinski definition) is 0. The molecule has 0 aromatic heterocycles. The Morgan fingerprint density at radius 1 is 1.09 bits per heavy atom. The van der Waals surface area contributed by atoms with Gasteiger partial charge in [0.2, 0.25) is 0 Å². The van der Waals surface area contributed by atoms with Crippen LogP contribution in [0.4, 0.5) is 0 Å². The molecule has 3 aliphatic rings. The van der Waals surface area contributed by atoms with E-state index in [0.29, 0.717) is 31.8 Å². The minimum absolute atomic E-state index is 0.256. The van der Waals surface area contributed by atoms with Crippen LogP contribution >= 0.6 is 0 Å². The third-order valence-electron chi connectivity index (χ3n) is 8.49. The summed E-state index contributed by atoms with van der Waals surface area (Å²) in [6, 6.07) is 14.8. The van der Waals surface area contributed by atoms with Crippen LogP contribution in [0.1, 0.15) is 62.1 Å². The fourth-order valence-electron chi connectivity index (χ4n) is 6.80. The monoisotopic (exact) mass is 463 g/mol. The fraction of sp³-hybridized carbons (Fsp3) is 0.552. The number of methoxy groups -OCH3 is 1. The van der Waals surface area contributed by atoms with Crippen LogP contribution in [-0.4, -0.2) is 49.6 Å². The second kappa shape index (κ2) is 9.35. The smallest absolute Gasteiger partial charge is 0.165 e. The van der Waals surface area contributed by atoms with Crippen LogP contribution in [0.2, 0.25) is 0 Å². The second-order valence-corrected chi connectivity index (χ2v) is 10.2. The second-order valence-electron chi connectivity index (χ2n) is 10.2. The zero-order valence-corrected chi connectivity index (χ0v) is 20.8. The van der Waals surface area contributed by atoms with E-state index in [1.54, 1.807) is 0 Å². The largest absolute Gasteiger partial charge is 0.489 e. The van der Waals surface area contributed by atoms with E-state index in [-0.39, 0.29) is 17.1 Å². The molecule has 2 fully saturated rings. The first-order valence-corrected chi connectivity index (χ1v) is 12.8. The molecule has 0 spiro atoms. The van der Waals surface area contributed by atoms with Crippen molar-refractivity contribution in [1.29, 1.82) is 0 Å². The number of Topliss-reactive ketones (excluding diaryl/α,β-unsaturated/α-hetero) is 1. The van der Waals surface area contributed by atoms with Crippen molar-refractivity contribution in [2.24, 2.45) is 0 Å². The number of carbonyl (C=O) groups excluding carboxylic acids is 1. The Morgan fingerprint density at radius 2 is 1.91 bits per heavy atom. The Bertz CT molecular complexity index is 1040. The van der Waals surface area contributed by atoms with Gasteiger partial charge in [-0.15, -0.1) is 0 Å². The summed E-state index contributed by atoms with van der Waals surface area (Å²) in [5.74, 6) is 1.94. The lowest BCUT2D eigenvalue weighted by atomic mass is 9.49. The van der Waals surface area contributed by atoms with Gasteiger partial charge in [-0.25, -0.2) is 0 Å². The van der Waals surface area contributed by atoms with Crippen molar-refractivity contribution in [3.05, 3.63) is 59.2 Å². The summed E-state index contributed by atoms with van der Waals surface area (Å²) in [6.45, 7) is 4.25. The molecule has 0 radical (unpaired) electrons. The Hall–Kier alpha value is -2.37. The molecule has 34 heavy (non-hydrogen) atoms. The van der Waals surface area contributed by atoms with Crippen molar-refractivity contribution >= 4 is 5.78 Å². The number of fused-ring (bicyclic) bond motifs is 1. The third-order valence-corrected chi connectivity index (χ3v) is 8.49. The van der Waals surface area contributed by atoms with E-state index in [1.165, 1.54) is 11.1 Å². The molecule has 1 saturated carbocycles. The Morgan fingerprint density at radius 3 is 2.68 bits per heavy atom. The molecule has 1 saturated heterocycles. The summed E-state index contributed by atoms with van der Waals surface area (Å²) in [7, 11) is 4.04. The quantitative estimate of drug-likeness (QED) is 0.511. The molecule has 5 nitrogen and oxygen atoms in total. The van der Waals surface area contributed by atoms with Crippen molar-refractivity contribution in [2.75, 3.05) is 27.3 Å². The number of hydrogen-bond acceptors (Lipinski definition) is 5. The minimum Gasteiger partial charge on any atom is -0.489 e. The number of nitrogens with zero attached hydrogens (tertiary/aromatic N) is 1. The van der Waals surface area contributed by atoms with Crippen LogP contribution in [-0.2, 0) is 28.0 Å². The van der Waals surface area contributed by atoms with Gasteiger partial charge in [0, 0.05) is 37.0 Å². The third kappa shape index (κ3) is 3.64. The van der Waals surface area contributed by atoms with Gasteiger partial charge >= 0.3 is 0 Å². The van der Waals surface area contributed by atoms with Crippen molar-refractivity contribution in [3.63, 3.8) is 0 Å². The SMILES string of the molecule is CCCCOc1c(OCc2ccccc2)ccc2c1[C@]13CCN(C)[C@H](C2)[C@]1(OC)CCC(=O)C3. The van der Waals surface area contributed by atoms with E-state index in [4.69, 9.17) is 14.2 Å². The molecule has 1 aliphatic heterocycles. The van der Waals surface area contributed by atoms with Gasteiger partial charge in [0.15, 0.2) is 11.5 Å². The summed E-state index contributed by atoms with van der Waals surface area (Å²) in [5.41, 5.74) is 2.80. The number of rotatable bonds is 8. The van der Waals surface area contributed by atoms with E-state index in [2.05, 4.69) is 43.1 Å². The molecule has 2 aromatic rings. The molecular formula is C29H37NO4. The molecule has 2 aromatic carbocycles. The van der Waals surface area contributed by atoms with Gasteiger partial charge < -0.3 is 19.1 Å². The summed E-state index contributed by atoms with van der Waals surface area (Å²) in [4.78, 5) is 15.4. The first kappa shape index (κ1) is 23.4. The number of carbonyl (C=O) groups is 1. The Kier molecular flexibility index (Phi) is 6.43.